The molecule has 0 spiro atoms. The van der Waals surface area contributed by atoms with Gasteiger partial charge in [0.15, 0.2) is 11.3 Å². The van der Waals surface area contributed by atoms with Gasteiger partial charge in [0.1, 0.15) is 5.92 Å². The van der Waals surface area contributed by atoms with Crippen molar-refractivity contribution in [3.05, 3.63) is 65.7 Å². The van der Waals surface area contributed by atoms with Crippen LogP contribution in [0.3, 0.4) is 0 Å². The van der Waals surface area contributed by atoms with Crippen molar-refractivity contribution in [2.45, 2.75) is 19.4 Å². The first-order valence-electron chi connectivity index (χ1n) is 9.03. The summed E-state index contributed by atoms with van der Waals surface area (Å²) >= 11 is 0. The predicted molar refractivity (Wildman–Crippen MR) is 102 cm³/mol. The minimum absolute atomic E-state index is 0.0841. The van der Waals surface area contributed by atoms with E-state index in [2.05, 4.69) is 10.5 Å². The molecule has 1 fully saturated rings. The molecule has 142 valence electrons. The molecular weight excluding hydrogens is 358 g/mol. The molecular formula is C21H19N3O4. The van der Waals surface area contributed by atoms with E-state index in [0.29, 0.717) is 11.3 Å². The second-order valence-corrected chi connectivity index (χ2v) is 6.75. The number of ether oxygens (including phenoxy) is 1. The van der Waals surface area contributed by atoms with E-state index in [1.807, 2.05) is 19.1 Å². The number of anilines is 1. The summed E-state index contributed by atoms with van der Waals surface area (Å²) in [5, 5.41) is 4.06. The van der Waals surface area contributed by atoms with Crippen LogP contribution in [-0.2, 0) is 24.7 Å². The van der Waals surface area contributed by atoms with Gasteiger partial charge in [-0.3, -0.25) is 15.0 Å². The van der Waals surface area contributed by atoms with Crippen LogP contribution in [0.4, 0.5) is 5.69 Å². The number of amides is 2. The van der Waals surface area contributed by atoms with Crippen molar-refractivity contribution in [2.75, 3.05) is 11.5 Å². The molecule has 0 aliphatic carbocycles. The van der Waals surface area contributed by atoms with Gasteiger partial charge in [0.2, 0.25) is 5.91 Å². The van der Waals surface area contributed by atoms with Gasteiger partial charge in [-0.25, -0.2) is 9.69 Å². The number of benzene rings is 2. The Labute approximate surface area is 162 Å². The number of nitrogens with zero attached hydrogens (tertiary/aromatic N) is 2. The number of nitrogens with one attached hydrogen (secondary N) is 1. The van der Waals surface area contributed by atoms with Gasteiger partial charge in [-0.1, -0.05) is 48.0 Å². The van der Waals surface area contributed by atoms with Crippen molar-refractivity contribution >= 4 is 29.2 Å². The molecule has 0 unspecified atom stereocenters. The van der Waals surface area contributed by atoms with Crippen molar-refractivity contribution in [2.24, 2.45) is 11.0 Å². The third-order valence-electron chi connectivity index (χ3n) is 5.07. The standard InChI is InChI=1S/C21H19N3O4/c1-3-28-19(26)17-16-18(25)24(15-7-5-4-6-8-15)20(27)21(16,23-22-17)14-11-9-13(2)10-12-14/h4-12,16,23H,3H2,1-2H3/t16-,21-/m1/s1. The fraction of sp³-hybridized carbons (Fsp3) is 0.238. The molecule has 0 aromatic heterocycles. The Hall–Kier alpha value is -3.48. The highest BCUT2D eigenvalue weighted by molar-refractivity contribution is 6.47. The van der Waals surface area contributed by atoms with Crippen LogP contribution in [-0.4, -0.2) is 30.1 Å². The van der Waals surface area contributed by atoms with Crippen LogP contribution >= 0.6 is 0 Å². The van der Waals surface area contributed by atoms with Crippen LogP contribution in [0, 0.1) is 12.8 Å². The molecule has 7 nitrogen and oxygen atoms in total. The number of esters is 1. The van der Waals surface area contributed by atoms with Crippen LogP contribution in [0.2, 0.25) is 0 Å². The molecule has 4 rings (SSSR count). The molecule has 7 heteroatoms. The number of aryl methyl sites for hydroxylation is 1. The molecule has 1 N–H and O–H groups in total. The van der Waals surface area contributed by atoms with E-state index in [4.69, 9.17) is 4.74 Å². The summed E-state index contributed by atoms with van der Waals surface area (Å²) < 4.78 is 5.07. The number of carbonyl (C=O) groups excluding carboxylic acids is 3. The van der Waals surface area contributed by atoms with Gasteiger partial charge in [0, 0.05) is 0 Å². The minimum atomic E-state index is -1.47. The summed E-state index contributed by atoms with van der Waals surface area (Å²) in [6.07, 6.45) is 0. The summed E-state index contributed by atoms with van der Waals surface area (Å²) in [4.78, 5) is 40.4. The SMILES string of the molecule is CCOC(=O)C1=NN[C@@]2(c3ccc(C)cc3)C(=O)N(c3ccccc3)C(=O)[C@@H]12. The maximum Gasteiger partial charge on any atom is 0.355 e. The lowest BCUT2D eigenvalue weighted by Gasteiger charge is -2.26. The molecule has 28 heavy (non-hydrogen) atoms. The molecule has 2 aliphatic heterocycles. The van der Waals surface area contributed by atoms with Gasteiger partial charge in [-0.2, -0.15) is 5.10 Å². The number of hydrazone groups is 1. The summed E-state index contributed by atoms with van der Waals surface area (Å²) in [7, 11) is 0. The topological polar surface area (TPSA) is 88.1 Å². The van der Waals surface area contributed by atoms with Crippen molar-refractivity contribution in [1.82, 2.24) is 5.43 Å². The Balaban J connectivity index is 1.87. The Morgan fingerprint density at radius 3 is 2.46 bits per heavy atom. The lowest BCUT2D eigenvalue weighted by atomic mass is 9.78. The highest BCUT2D eigenvalue weighted by atomic mass is 16.5. The minimum Gasteiger partial charge on any atom is -0.461 e. The predicted octanol–water partition coefficient (Wildman–Crippen LogP) is 1.90. The average Bonchev–Trinajstić information content (AvgIpc) is 3.20. The quantitative estimate of drug-likeness (QED) is 0.650. The number of hydrogen-bond acceptors (Lipinski definition) is 6. The van der Waals surface area contributed by atoms with Gasteiger partial charge in [-0.15, -0.1) is 0 Å². The molecule has 2 heterocycles. The normalized spacial score (nSPS) is 23.3. The van der Waals surface area contributed by atoms with Crippen LogP contribution < -0.4 is 10.3 Å². The molecule has 0 saturated carbocycles. The third-order valence-corrected chi connectivity index (χ3v) is 5.07. The number of hydrogen-bond donors (Lipinski definition) is 1. The average molecular weight is 377 g/mol. The Morgan fingerprint density at radius 1 is 1.14 bits per heavy atom. The number of imide groups is 1. The fourth-order valence-electron chi connectivity index (χ4n) is 3.72. The van der Waals surface area contributed by atoms with Gasteiger partial charge < -0.3 is 4.74 Å². The van der Waals surface area contributed by atoms with Crippen LogP contribution in [0.5, 0.6) is 0 Å². The number of carbonyl (C=O) groups is 3. The smallest absolute Gasteiger partial charge is 0.355 e. The van der Waals surface area contributed by atoms with E-state index in [-0.39, 0.29) is 12.3 Å². The molecule has 2 amide bonds. The van der Waals surface area contributed by atoms with E-state index >= 15 is 0 Å². The molecule has 2 aliphatic rings. The summed E-state index contributed by atoms with van der Waals surface area (Å²) in [5.74, 6) is -2.78. The van der Waals surface area contributed by atoms with E-state index in [1.54, 1.807) is 49.4 Å². The first-order chi connectivity index (χ1) is 13.5. The van der Waals surface area contributed by atoms with Gasteiger partial charge in [-0.05, 0) is 31.5 Å². The first kappa shape index (κ1) is 17.9. The van der Waals surface area contributed by atoms with E-state index in [9.17, 15) is 14.4 Å². The van der Waals surface area contributed by atoms with Crippen molar-refractivity contribution in [1.29, 1.82) is 0 Å². The van der Waals surface area contributed by atoms with Gasteiger partial charge in [0.05, 0.1) is 12.3 Å². The number of para-hydroxylation sites is 1. The van der Waals surface area contributed by atoms with Crippen LogP contribution in [0.1, 0.15) is 18.1 Å². The third kappa shape index (κ3) is 2.43. The van der Waals surface area contributed by atoms with E-state index in [1.165, 1.54) is 0 Å². The monoisotopic (exact) mass is 377 g/mol. The molecule has 2 aromatic carbocycles. The fourth-order valence-corrected chi connectivity index (χ4v) is 3.72. The lowest BCUT2D eigenvalue weighted by Crippen LogP contribution is -2.48. The molecule has 0 radical (unpaired) electrons. The zero-order chi connectivity index (χ0) is 19.9. The van der Waals surface area contributed by atoms with E-state index < -0.39 is 29.2 Å². The summed E-state index contributed by atoms with van der Waals surface area (Å²) in [6, 6.07) is 15.9. The van der Waals surface area contributed by atoms with Gasteiger partial charge >= 0.3 is 5.97 Å². The molecule has 0 bridgehead atoms. The highest BCUT2D eigenvalue weighted by Gasteiger charge is 2.67. The second-order valence-electron chi connectivity index (χ2n) is 6.75. The molecule has 2 aromatic rings. The maximum absolute atomic E-state index is 13.5. The summed E-state index contributed by atoms with van der Waals surface area (Å²) in [6.45, 7) is 3.75. The summed E-state index contributed by atoms with van der Waals surface area (Å²) in [5.41, 5.74) is 3.29. The maximum atomic E-state index is 13.5. The second kappa shape index (κ2) is 6.60. The Morgan fingerprint density at radius 2 is 1.82 bits per heavy atom. The number of rotatable bonds is 4. The van der Waals surface area contributed by atoms with Crippen LogP contribution in [0.25, 0.3) is 0 Å². The lowest BCUT2D eigenvalue weighted by molar-refractivity contribution is -0.136. The first-order valence-corrected chi connectivity index (χ1v) is 9.03. The van der Waals surface area contributed by atoms with E-state index in [0.717, 1.165) is 10.5 Å². The van der Waals surface area contributed by atoms with Crippen molar-refractivity contribution in [3.63, 3.8) is 0 Å². The van der Waals surface area contributed by atoms with Crippen molar-refractivity contribution in [3.8, 4) is 0 Å². The Bertz CT molecular complexity index is 984. The van der Waals surface area contributed by atoms with Gasteiger partial charge in [0.25, 0.3) is 5.91 Å². The molecule has 2 atom stereocenters. The number of fused-ring (bicyclic) bond motifs is 1. The zero-order valence-electron chi connectivity index (χ0n) is 15.5. The van der Waals surface area contributed by atoms with Crippen LogP contribution in [0.15, 0.2) is 59.7 Å². The van der Waals surface area contributed by atoms with Crippen molar-refractivity contribution < 1.29 is 19.1 Å². The largest absolute Gasteiger partial charge is 0.461 e. The highest BCUT2D eigenvalue weighted by Crippen LogP contribution is 2.45. The molecule has 1 saturated heterocycles. The zero-order valence-corrected chi connectivity index (χ0v) is 15.5. The Kier molecular flexibility index (Phi) is 4.22.